The van der Waals surface area contributed by atoms with Gasteiger partial charge >= 0.3 is 0 Å². The Balaban J connectivity index is 1.97. The Labute approximate surface area is 118 Å². The van der Waals surface area contributed by atoms with Gasteiger partial charge in [0.1, 0.15) is 0 Å². The average molecular weight is 273 g/mol. The predicted molar refractivity (Wildman–Crippen MR) is 77.7 cm³/mol. The summed E-state index contributed by atoms with van der Waals surface area (Å²) < 4.78 is 1.92. The zero-order chi connectivity index (χ0) is 14.4. The highest BCUT2D eigenvalue weighted by atomic mass is 16.1. The summed E-state index contributed by atoms with van der Waals surface area (Å²) in [7, 11) is 0. The van der Waals surface area contributed by atoms with E-state index in [1.165, 1.54) is 0 Å². The molecule has 2 N–H and O–H groups in total. The van der Waals surface area contributed by atoms with Crippen LogP contribution in [0.4, 0.5) is 5.69 Å². The highest BCUT2D eigenvalue weighted by Gasteiger charge is 2.11. The molecule has 6 heteroatoms. The number of carbonyl (C=O) groups excluding carboxylic acids is 1. The van der Waals surface area contributed by atoms with Crippen LogP contribution in [0.5, 0.6) is 0 Å². The predicted octanol–water partition coefficient (Wildman–Crippen LogP) is 1.45. The first-order valence-corrected chi connectivity index (χ1v) is 6.65. The molecule has 0 unspecified atom stereocenters. The minimum atomic E-state index is -0.117. The molecule has 0 aliphatic heterocycles. The molecular weight excluding hydrogens is 254 g/mol. The second-order valence-corrected chi connectivity index (χ2v) is 4.46. The molecule has 1 amide bonds. The molecule has 0 spiro atoms. The molecule has 0 fully saturated rings. The minimum Gasteiger partial charge on any atom is -0.385 e. The second kappa shape index (κ2) is 6.70. The lowest BCUT2D eigenvalue weighted by Crippen LogP contribution is -2.28. The third-order valence-corrected chi connectivity index (χ3v) is 2.87. The lowest BCUT2D eigenvalue weighted by atomic mass is 10.2. The van der Waals surface area contributed by atoms with Gasteiger partial charge in [-0.2, -0.15) is 0 Å². The van der Waals surface area contributed by atoms with Gasteiger partial charge in [0.15, 0.2) is 0 Å². The quantitative estimate of drug-likeness (QED) is 0.835. The van der Waals surface area contributed by atoms with E-state index in [2.05, 4.69) is 20.6 Å². The second-order valence-electron chi connectivity index (χ2n) is 4.46. The fourth-order valence-electron chi connectivity index (χ4n) is 1.89. The topological polar surface area (TPSA) is 71.8 Å². The first kappa shape index (κ1) is 14.0. The molecule has 2 aromatic rings. The third kappa shape index (κ3) is 3.57. The lowest BCUT2D eigenvalue weighted by Gasteiger charge is -2.11. The maximum absolute atomic E-state index is 12.2. The number of amides is 1. The van der Waals surface area contributed by atoms with Crippen molar-refractivity contribution in [2.75, 3.05) is 18.4 Å². The Morgan fingerprint density at radius 3 is 3.00 bits per heavy atom. The van der Waals surface area contributed by atoms with E-state index in [4.69, 9.17) is 0 Å². The molecule has 106 valence electrons. The molecule has 0 radical (unpaired) electrons. The molecule has 20 heavy (non-hydrogen) atoms. The molecule has 0 aromatic carbocycles. The summed E-state index contributed by atoms with van der Waals surface area (Å²) in [6.45, 7) is 5.91. The van der Waals surface area contributed by atoms with Crippen LogP contribution < -0.4 is 10.6 Å². The zero-order valence-corrected chi connectivity index (χ0v) is 11.8. The molecule has 2 rings (SSSR count). The third-order valence-electron chi connectivity index (χ3n) is 2.87. The number of hydrogen-bond acceptors (Lipinski definition) is 4. The normalized spacial score (nSPS) is 10.3. The molecule has 2 heterocycles. The van der Waals surface area contributed by atoms with Crippen LogP contribution in [0.25, 0.3) is 0 Å². The Kier molecular flexibility index (Phi) is 4.70. The summed E-state index contributed by atoms with van der Waals surface area (Å²) in [5, 5.41) is 6.07. The number of carbonyl (C=O) groups is 1. The van der Waals surface area contributed by atoms with Crippen molar-refractivity contribution in [2.45, 2.75) is 20.4 Å². The molecule has 0 aliphatic rings. The Hall–Kier alpha value is -2.37. The Morgan fingerprint density at radius 1 is 1.45 bits per heavy atom. The monoisotopic (exact) mass is 273 g/mol. The van der Waals surface area contributed by atoms with Gasteiger partial charge in [-0.25, -0.2) is 4.98 Å². The number of nitrogens with zero attached hydrogens (tertiary/aromatic N) is 3. The van der Waals surface area contributed by atoms with Crippen LogP contribution in [0.15, 0.2) is 31.0 Å². The Morgan fingerprint density at radius 2 is 2.30 bits per heavy atom. The fourth-order valence-corrected chi connectivity index (χ4v) is 1.89. The number of rotatable bonds is 6. The van der Waals surface area contributed by atoms with Gasteiger partial charge in [0.05, 0.1) is 17.6 Å². The number of hydrogen-bond donors (Lipinski definition) is 2. The average Bonchev–Trinajstić information content (AvgIpc) is 2.92. The maximum atomic E-state index is 12.2. The van der Waals surface area contributed by atoms with Crippen LogP contribution in [-0.2, 0) is 6.54 Å². The van der Waals surface area contributed by atoms with Gasteiger partial charge in [0, 0.05) is 43.9 Å². The van der Waals surface area contributed by atoms with Gasteiger partial charge < -0.3 is 15.2 Å². The van der Waals surface area contributed by atoms with Crippen molar-refractivity contribution in [3.8, 4) is 0 Å². The van der Waals surface area contributed by atoms with Gasteiger partial charge in [-0.3, -0.25) is 9.78 Å². The molecule has 0 aliphatic carbocycles. The van der Waals surface area contributed by atoms with Crippen molar-refractivity contribution in [2.24, 2.45) is 0 Å². The molecule has 0 bridgehead atoms. The maximum Gasteiger partial charge on any atom is 0.255 e. The van der Waals surface area contributed by atoms with E-state index in [9.17, 15) is 4.79 Å². The fraction of sp³-hybridized carbons (Fsp3) is 0.357. The van der Waals surface area contributed by atoms with Crippen molar-refractivity contribution in [1.29, 1.82) is 0 Å². The molecular formula is C14H19N5O. The first-order chi connectivity index (χ1) is 9.70. The van der Waals surface area contributed by atoms with Crippen LogP contribution in [0, 0.1) is 6.92 Å². The largest absolute Gasteiger partial charge is 0.385 e. The highest BCUT2D eigenvalue weighted by molar-refractivity contribution is 5.99. The van der Waals surface area contributed by atoms with Gasteiger partial charge in [0.2, 0.25) is 0 Å². The van der Waals surface area contributed by atoms with Crippen molar-refractivity contribution < 1.29 is 4.79 Å². The highest BCUT2D eigenvalue weighted by Crippen LogP contribution is 2.15. The molecule has 0 saturated carbocycles. The van der Waals surface area contributed by atoms with Crippen molar-refractivity contribution in [3.05, 3.63) is 42.2 Å². The number of aryl methyl sites for hydroxylation is 1. The first-order valence-electron chi connectivity index (χ1n) is 6.65. The van der Waals surface area contributed by atoms with E-state index < -0.39 is 0 Å². The van der Waals surface area contributed by atoms with Crippen LogP contribution in [0.1, 0.15) is 23.0 Å². The zero-order valence-electron chi connectivity index (χ0n) is 11.8. The van der Waals surface area contributed by atoms with Gasteiger partial charge in [0.25, 0.3) is 5.91 Å². The Bertz CT molecular complexity index is 565. The van der Waals surface area contributed by atoms with E-state index >= 15 is 0 Å². The molecule has 6 nitrogen and oxygen atoms in total. The standard InChI is InChI=1S/C14H19N5O/c1-3-16-13-8-11(2)18-9-12(13)14(20)17-5-7-19-6-4-15-10-19/h4,6,8-10H,3,5,7H2,1-2H3,(H,16,18)(H,17,20). The number of aromatic nitrogens is 3. The number of anilines is 1. The molecule has 0 atom stereocenters. The minimum absolute atomic E-state index is 0.117. The van der Waals surface area contributed by atoms with Crippen LogP contribution in [0.2, 0.25) is 0 Å². The van der Waals surface area contributed by atoms with Crippen molar-refractivity contribution in [1.82, 2.24) is 19.9 Å². The summed E-state index contributed by atoms with van der Waals surface area (Å²) in [5.41, 5.74) is 2.28. The van der Waals surface area contributed by atoms with E-state index in [0.29, 0.717) is 18.7 Å². The van der Waals surface area contributed by atoms with Gasteiger partial charge in [-0.1, -0.05) is 0 Å². The van der Waals surface area contributed by atoms with E-state index in [1.807, 2.05) is 30.7 Å². The van der Waals surface area contributed by atoms with E-state index in [0.717, 1.165) is 17.9 Å². The van der Waals surface area contributed by atoms with Gasteiger partial charge in [-0.05, 0) is 19.9 Å². The SMILES string of the molecule is CCNc1cc(C)ncc1C(=O)NCCn1ccnc1. The van der Waals surface area contributed by atoms with Gasteiger partial charge in [-0.15, -0.1) is 0 Å². The number of nitrogens with one attached hydrogen (secondary N) is 2. The smallest absolute Gasteiger partial charge is 0.255 e. The van der Waals surface area contributed by atoms with Crippen LogP contribution >= 0.6 is 0 Å². The van der Waals surface area contributed by atoms with E-state index in [-0.39, 0.29) is 5.91 Å². The van der Waals surface area contributed by atoms with Crippen molar-refractivity contribution in [3.63, 3.8) is 0 Å². The van der Waals surface area contributed by atoms with Crippen LogP contribution in [-0.4, -0.2) is 33.5 Å². The lowest BCUT2D eigenvalue weighted by molar-refractivity contribution is 0.0952. The number of pyridine rings is 1. The molecule has 0 saturated heterocycles. The number of imidazole rings is 1. The van der Waals surface area contributed by atoms with E-state index in [1.54, 1.807) is 18.7 Å². The van der Waals surface area contributed by atoms with Crippen LogP contribution in [0.3, 0.4) is 0 Å². The van der Waals surface area contributed by atoms with Crippen molar-refractivity contribution >= 4 is 11.6 Å². The summed E-state index contributed by atoms with van der Waals surface area (Å²) in [5.74, 6) is -0.117. The summed E-state index contributed by atoms with van der Waals surface area (Å²) in [6.07, 6.45) is 6.92. The molecule has 2 aromatic heterocycles. The summed E-state index contributed by atoms with van der Waals surface area (Å²) >= 11 is 0. The summed E-state index contributed by atoms with van der Waals surface area (Å²) in [6, 6.07) is 1.88. The summed E-state index contributed by atoms with van der Waals surface area (Å²) in [4.78, 5) is 20.3.